The zero-order valence-electron chi connectivity index (χ0n) is 10.5. The highest BCUT2D eigenvalue weighted by molar-refractivity contribution is 5.87. The summed E-state index contributed by atoms with van der Waals surface area (Å²) in [6.45, 7) is 0. The third kappa shape index (κ3) is 2.31. The summed E-state index contributed by atoms with van der Waals surface area (Å²) in [4.78, 5) is 22.6. The second-order valence-corrected chi connectivity index (χ2v) is 4.19. The van der Waals surface area contributed by atoms with Crippen molar-refractivity contribution in [1.29, 1.82) is 0 Å². The van der Waals surface area contributed by atoms with E-state index in [1.807, 2.05) is 0 Å². The summed E-state index contributed by atoms with van der Waals surface area (Å²) in [6, 6.07) is 16.4. The number of nitrogens with one attached hydrogen (secondary N) is 1. The first-order valence-corrected chi connectivity index (χ1v) is 5.90. The van der Waals surface area contributed by atoms with Gasteiger partial charge in [0, 0.05) is 5.69 Å². The van der Waals surface area contributed by atoms with Gasteiger partial charge in [-0.25, -0.2) is 0 Å². The largest absolute Gasteiger partial charge is 0.397 e. The smallest absolute Gasteiger partial charge is 0.361 e. The molecule has 0 saturated heterocycles. The van der Waals surface area contributed by atoms with Crippen LogP contribution in [0.4, 0.5) is 5.69 Å². The molecule has 2 aromatic carbocycles. The van der Waals surface area contributed by atoms with Crippen LogP contribution in [0.25, 0.3) is 0 Å². The van der Waals surface area contributed by atoms with E-state index in [1.165, 1.54) is 12.1 Å². The Morgan fingerprint density at radius 2 is 1.55 bits per heavy atom. The molecular weight excluding hydrogens is 258 g/mol. The van der Waals surface area contributed by atoms with Crippen molar-refractivity contribution in [2.75, 3.05) is 5.32 Å². The highest BCUT2D eigenvalue weighted by Crippen LogP contribution is 2.27. The van der Waals surface area contributed by atoms with E-state index in [0.717, 1.165) is 0 Å². The summed E-state index contributed by atoms with van der Waals surface area (Å²) in [6.07, 6.45) is 0. The predicted molar refractivity (Wildman–Crippen MR) is 74.4 cm³/mol. The van der Waals surface area contributed by atoms with E-state index in [1.54, 1.807) is 48.5 Å². The number of hydrogen-bond acceptors (Lipinski definition) is 4. The van der Waals surface area contributed by atoms with Gasteiger partial charge in [-0.05, 0) is 24.3 Å². The summed E-state index contributed by atoms with van der Waals surface area (Å²) in [5.41, 5.74) is 3.74. The summed E-state index contributed by atoms with van der Waals surface area (Å²) in [5, 5.41) is 14.1. The molecule has 0 aliphatic rings. The van der Waals surface area contributed by atoms with Crippen molar-refractivity contribution in [3.05, 3.63) is 76.3 Å². The van der Waals surface area contributed by atoms with Crippen molar-refractivity contribution < 1.29 is 9.72 Å². The van der Waals surface area contributed by atoms with E-state index in [2.05, 4.69) is 5.32 Å². The minimum atomic E-state index is -2.19. The number of nitro groups is 1. The van der Waals surface area contributed by atoms with Gasteiger partial charge in [-0.2, -0.15) is 0 Å². The topological polar surface area (TPSA) is 98.3 Å². The highest BCUT2D eigenvalue weighted by atomic mass is 16.6. The lowest BCUT2D eigenvalue weighted by molar-refractivity contribution is -0.552. The normalized spacial score (nSPS) is 13.2. The molecule has 0 aliphatic heterocycles. The fraction of sp³-hybridized carbons (Fsp3) is 0.0714. The maximum Gasteiger partial charge on any atom is 0.397 e. The number of nitrogens with two attached hydrogens (primary N) is 1. The van der Waals surface area contributed by atoms with E-state index >= 15 is 0 Å². The average Bonchev–Trinajstić information content (AvgIpc) is 2.46. The molecule has 2 rings (SSSR count). The van der Waals surface area contributed by atoms with Gasteiger partial charge in [-0.1, -0.05) is 36.4 Å². The van der Waals surface area contributed by atoms with Crippen molar-refractivity contribution >= 4 is 11.6 Å². The van der Waals surface area contributed by atoms with Crippen molar-refractivity contribution in [2.24, 2.45) is 5.73 Å². The minimum absolute atomic E-state index is 0.182. The molecule has 6 nitrogen and oxygen atoms in total. The lowest BCUT2D eigenvalue weighted by Crippen LogP contribution is -2.53. The predicted octanol–water partition coefficient (Wildman–Crippen LogP) is 1.71. The number of nitrogens with zero attached hydrogens (tertiary/aromatic N) is 1. The number of para-hydroxylation sites is 1. The van der Waals surface area contributed by atoms with Gasteiger partial charge in [0.1, 0.15) is 0 Å². The van der Waals surface area contributed by atoms with Crippen LogP contribution < -0.4 is 11.1 Å². The van der Waals surface area contributed by atoms with E-state index in [0.29, 0.717) is 5.69 Å². The van der Waals surface area contributed by atoms with E-state index in [4.69, 9.17) is 5.73 Å². The number of rotatable bonds is 5. The van der Waals surface area contributed by atoms with Crippen molar-refractivity contribution in [2.45, 2.75) is 5.66 Å². The molecule has 0 bridgehead atoms. The number of carbonyl (C=O) groups excluding carboxylic acids is 1. The second kappa shape index (κ2) is 5.40. The summed E-state index contributed by atoms with van der Waals surface area (Å²) < 4.78 is 0. The fourth-order valence-corrected chi connectivity index (χ4v) is 1.93. The zero-order chi connectivity index (χ0) is 14.6. The highest BCUT2D eigenvalue weighted by Gasteiger charge is 2.51. The van der Waals surface area contributed by atoms with Crippen molar-refractivity contribution in [3.63, 3.8) is 0 Å². The van der Waals surface area contributed by atoms with Crippen LogP contribution in [0.2, 0.25) is 0 Å². The Hall–Kier alpha value is -2.89. The Bertz CT molecular complexity index is 600. The molecule has 0 aliphatic carbocycles. The Balaban J connectivity index is 2.55. The Morgan fingerprint density at radius 1 is 1.05 bits per heavy atom. The quantitative estimate of drug-likeness (QED) is 0.491. The van der Waals surface area contributed by atoms with Crippen LogP contribution in [0.1, 0.15) is 5.56 Å². The summed E-state index contributed by atoms with van der Waals surface area (Å²) in [7, 11) is 0. The average molecular weight is 271 g/mol. The molecule has 0 heterocycles. The second-order valence-electron chi connectivity index (χ2n) is 4.19. The van der Waals surface area contributed by atoms with Gasteiger partial charge >= 0.3 is 11.6 Å². The van der Waals surface area contributed by atoms with E-state index < -0.39 is 16.5 Å². The van der Waals surface area contributed by atoms with Gasteiger partial charge in [-0.15, -0.1) is 0 Å². The molecule has 1 atom stereocenters. The molecule has 2 aromatic rings. The Labute approximate surface area is 115 Å². The van der Waals surface area contributed by atoms with Crippen molar-refractivity contribution in [1.82, 2.24) is 0 Å². The SMILES string of the molecule is NC(=O)C(Nc1ccccc1)(c1ccccc1)[N+](=O)[O-]. The van der Waals surface area contributed by atoms with Crippen molar-refractivity contribution in [3.8, 4) is 0 Å². The van der Waals surface area contributed by atoms with Crippen LogP contribution in [-0.4, -0.2) is 10.8 Å². The number of hydrogen-bond donors (Lipinski definition) is 2. The molecule has 0 spiro atoms. The molecule has 0 saturated carbocycles. The van der Waals surface area contributed by atoms with E-state index in [-0.39, 0.29) is 5.56 Å². The molecule has 1 unspecified atom stereocenters. The van der Waals surface area contributed by atoms with E-state index in [9.17, 15) is 14.9 Å². The Morgan fingerprint density at radius 3 is 2.00 bits per heavy atom. The van der Waals surface area contributed by atoms with Crippen LogP contribution in [-0.2, 0) is 10.5 Å². The maximum absolute atomic E-state index is 11.8. The first-order valence-electron chi connectivity index (χ1n) is 5.90. The number of benzene rings is 2. The van der Waals surface area contributed by atoms with Gasteiger partial charge in [0.15, 0.2) is 0 Å². The molecule has 3 N–H and O–H groups in total. The van der Waals surface area contributed by atoms with Gasteiger partial charge in [0.05, 0.1) is 10.5 Å². The first-order chi connectivity index (χ1) is 9.57. The standard InChI is InChI=1S/C14H13N3O3/c15-13(18)14(17(19)20,11-7-3-1-4-8-11)16-12-9-5-2-6-10-12/h1-10,16H,(H2,15,18). The number of anilines is 1. The molecule has 0 radical (unpaired) electrons. The number of primary amides is 1. The zero-order valence-corrected chi connectivity index (χ0v) is 10.5. The van der Waals surface area contributed by atoms with Gasteiger partial charge in [0.25, 0.3) is 0 Å². The molecule has 102 valence electrons. The van der Waals surface area contributed by atoms with Crippen LogP contribution in [0, 0.1) is 10.1 Å². The molecule has 0 aromatic heterocycles. The third-order valence-electron chi connectivity index (χ3n) is 2.92. The maximum atomic E-state index is 11.8. The minimum Gasteiger partial charge on any atom is -0.361 e. The number of amides is 1. The fourth-order valence-electron chi connectivity index (χ4n) is 1.93. The number of carbonyl (C=O) groups is 1. The van der Waals surface area contributed by atoms with Gasteiger partial charge < -0.3 is 11.1 Å². The van der Waals surface area contributed by atoms with Crippen LogP contribution in [0.5, 0.6) is 0 Å². The van der Waals surface area contributed by atoms with Crippen LogP contribution in [0.15, 0.2) is 60.7 Å². The molecule has 1 amide bonds. The summed E-state index contributed by atoms with van der Waals surface area (Å²) in [5.74, 6) is -1.07. The third-order valence-corrected chi connectivity index (χ3v) is 2.92. The lowest BCUT2D eigenvalue weighted by atomic mass is 9.98. The lowest BCUT2D eigenvalue weighted by Gasteiger charge is -2.24. The van der Waals surface area contributed by atoms with Gasteiger partial charge in [-0.3, -0.25) is 14.9 Å². The summed E-state index contributed by atoms with van der Waals surface area (Å²) >= 11 is 0. The monoisotopic (exact) mass is 271 g/mol. The molecule has 6 heteroatoms. The molecule has 20 heavy (non-hydrogen) atoms. The molecule has 0 fully saturated rings. The van der Waals surface area contributed by atoms with Crippen LogP contribution in [0.3, 0.4) is 0 Å². The van der Waals surface area contributed by atoms with Crippen LogP contribution >= 0.6 is 0 Å². The van der Waals surface area contributed by atoms with Gasteiger partial charge in [0.2, 0.25) is 0 Å². The molecular formula is C14H13N3O3. The Kier molecular flexibility index (Phi) is 3.65. The first kappa shape index (κ1) is 13.5.